The van der Waals surface area contributed by atoms with Crippen LogP contribution in [-0.2, 0) is 6.54 Å². The molecule has 0 aliphatic carbocycles. The van der Waals surface area contributed by atoms with Crippen LogP contribution in [0.25, 0.3) is 0 Å². The van der Waals surface area contributed by atoms with Crippen molar-refractivity contribution in [2.45, 2.75) is 13.5 Å². The van der Waals surface area contributed by atoms with E-state index in [1.165, 1.54) is 18.4 Å². The van der Waals surface area contributed by atoms with E-state index in [4.69, 9.17) is 16.3 Å². The molecule has 3 rings (SSSR count). The summed E-state index contributed by atoms with van der Waals surface area (Å²) in [6.07, 6.45) is 1.62. The third-order valence-electron chi connectivity index (χ3n) is 3.94. The zero-order chi connectivity index (χ0) is 20.1. The van der Waals surface area contributed by atoms with Gasteiger partial charge in [0.2, 0.25) is 5.88 Å². The van der Waals surface area contributed by atoms with E-state index in [1.807, 2.05) is 6.92 Å². The molecule has 8 heteroatoms. The number of hydrogen-bond acceptors (Lipinski definition) is 5. The Morgan fingerprint density at radius 1 is 1.18 bits per heavy atom. The Bertz CT molecular complexity index is 1020. The molecule has 0 aliphatic rings. The number of aromatic nitrogens is 1. The maximum absolute atomic E-state index is 12.5. The second kappa shape index (κ2) is 8.86. The van der Waals surface area contributed by atoms with Crippen molar-refractivity contribution in [2.75, 3.05) is 12.4 Å². The van der Waals surface area contributed by atoms with Crippen LogP contribution in [0.2, 0.25) is 5.02 Å². The second-order valence-corrected chi connectivity index (χ2v) is 7.41. The van der Waals surface area contributed by atoms with E-state index in [0.29, 0.717) is 32.9 Å². The third kappa shape index (κ3) is 4.68. The molecule has 0 unspecified atom stereocenters. The number of thiophene rings is 1. The third-order valence-corrected chi connectivity index (χ3v) is 5.42. The number of halogens is 1. The summed E-state index contributed by atoms with van der Waals surface area (Å²) in [7, 11) is 1.54. The number of aryl methyl sites for hydroxylation is 1. The van der Waals surface area contributed by atoms with Crippen LogP contribution in [0.4, 0.5) is 5.00 Å². The van der Waals surface area contributed by atoms with Crippen molar-refractivity contribution >= 4 is 39.8 Å². The molecule has 0 spiro atoms. The number of anilines is 1. The van der Waals surface area contributed by atoms with E-state index in [9.17, 15) is 9.59 Å². The molecule has 6 nitrogen and oxygen atoms in total. The Hall–Kier alpha value is -2.90. The van der Waals surface area contributed by atoms with Crippen LogP contribution in [0, 0.1) is 6.92 Å². The molecule has 0 bridgehead atoms. The minimum absolute atomic E-state index is 0.212. The summed E-state index contributed by atoms with van der Waals surface area (Å²) < 4.78 is 5.08. The van der Waals surface area contributed by atoms with Crippen molar-refractivity contribution in [1.29, 1.82) is 0 Å². The smallest absolute Gasteiger partial charge is 0.261 e. The van der Waals surface area contributed by atoms with Crippen molar-refractivity contribution in [3.05, 3.63) is 75.3 Å². The fourth-order valence-corrected chi connectivity index (χ4v) is 3.73. The average molecular weight is 416 g/mol. The first-order chi connectivity index (χ1) is 13.5. The van der Waals surface area contributed by atoms with E-state index >= 15 is 0 Å². The quantitative estimate of drug-likeness (QED) is 0.629. The molecule has 3 aromatic rings. The molecular formula is C20H18ClN3O3S. The zero-order valence-corrected chi connectivity index (χ0v) is 16.9. The summed E-state index contributed by atoms with van der Waals surface area (Å²) in [5.74, 6) is -0.0390. The number of nitrogens with one attached hydrogen (secondary N) is 2. The lowest BCUT2D eigenvalue weighted by Gasteiger charge is -2.06. The lowest BCUT2D eigenvalue weighted by molar-refractivity contribution is 0.0953. The highest BCUT2D eigenvalue weighted by atomic mass is 35.5. The summed E-state index contributed by atoms with van der Waals surface area (Å²) in [5.41, 5.74) is 2.04. The van der Waals surface area contributed by atoms with Gasteiger partial charge in [0.05, 0.1) is 27.6 Å². The lowest BCUT2D eigenvalue weighted by Crippen LogP contribution is -2.22. The summed E-state index contributed by atoms with van der Waals surface area (Å²) in [6, 6.07) is 12.1. The van der Waals surface area contributed by atoms with Gasteiger partial charge in [-0.3, -0.25) is 9.59 Å². The molecule has 0 atom stereocenters. The number of methoxy groups -OCH3 is 1. The molecule has 2 aromatic heterocycles. The molecule has 2 N–H and O–H groups in total. The van der Waals surface area contributed by atoms with Crippen LogP contribution in [0.1, 0.15) is 31.2 Å². The van der Waals surface area contributed by atoms with Crippen LogP contribution in [0.3, 0.4) is 0 Å². The predicted octanol–water partition coefficient (Wildman–Crippen LogP) is 4.30. The molecule has 2 amide bonds. The van der Waals surface area contributed by atoms with Crippen LogP contribution < -0.4 is 15.4 Å². The van der Waals surface area contributed by atoms with Gasteiger partial charge in [0, 0.05) is 18.8 Å². The maximum atomic E-state index is 12.5. The lowest BCUT2D eigenvalue weighted by atomic mass is 10.2. The van der Waals surface area contributed by atoms with Gasteiger partial charge < -0.3 is 15.4 Å². The van der Waals surface area contributed by atoms with Gasteiger partial charge >= 0.3 is 0 Å². The molecular weight excluding hydrogens is 398 g/mol. The van der Waals surface area contributed by atoms with Crippen LogP contribution in [-0.4, -0.2) is 23.9 Å². The normalized spacial score (nSPS) is 10.4. The molecule has 0 saturated heterocycles. The van der Waals surface area contributed by atoms with Gasteiger partial charge in [-0.15, -0.1) is 11.3 Å². The molecule has 144 valence electrons. The Morgan fingerprint density at radius 2 is 1.96 bits per heavy atom. The number of nitrogens with zero attached hydrogens (tertiary/aromatic N) is 1. The first-order valence-corrected chi connectivity index (χ1v) is 9.61. The molecule has 0 saturated carbocycles. The number of pyridine rings is 1. The Morgan fingerprint density at radius 3 is 2.71 bits per heavy atom. The monoisotopic (exact) mass is 415 g/mol. The van der Waals surface area contributed by atoms with Crippen molar-refractivity contribution in [2.24, 2.45) is 0 Å². The minimum Gasteiger partial charge on any atom is -0.481 e. The van der Waals surface area contributed by atoms with E-state index in [2.05, 4.69) is 15.6 Å². The van der Waals surface area contributed by atoms with E-state index in [1.54, 1.807) is 48.7 Å². The van der Waals surface area contributed by atoms with Gasteiger partial charge in [0.25, 0.3) is 11.8 Å². The molecule has 0 radical (unpaired) electrons. The molecule has 2 heterocycles. The fourth-order valence-electron chi connectivity index (χ4n) is 2.53. The van der Waals surface area contributed by atoms with E-state index in [0.717, 1.165) is 11.1 Å². The Labute approximate surface area is 171 Å². The van der Waals surface area contributed by atoms with Gasteiger partial charge in [-0.1, -0.05) is 23.7 Å². The SMILES string of the molecule is COc1cc(CNC(=O)c2sc(NC(=O)c3ccccc3Cl)cc2C)ccn1. The minimum atomic E-state index is -0.317. The zero-order valence-electron chi connectivity index (χ0n) is 15.3. The Balaban J connectivity index is 1.66. The summed E-state index contributed by atoms with van der Waals surface area (Å²) in [5, 5.41) is 6.62. The van der Waals surface area contributed by atoms with Crippen molar-refractivity contribution in [3.63, 3.8) is 0 Å². The number of amides is 2. The first-order valence-electron chi connectivity index (χ1n) is 8.41. The summed E-state index contributed by atoms with van der Waals surface area (Å²) in [4.78, 5) is 29.5. The van der Waals surface area contributed by atoms with Gasteiger partial charge in [0.1, 0.15) is 0 Å². The molecule has 0 aliphatic heterocycles. The number of hydrogen-bond donors (Lipinski definition) is 2. The number of rotatable bonds is 6. The van der Waals surface area contributed by atoms with Crippen LogP contribution in [0.5, 0.6) is 5.88 Å². The molecule has 1 aromatic carbocycles. The highest BCUT2D eigenvalue weighted by Gasteiger charge is 2.16. The fraction of sp³-hybridized carbons (Fsp3) is 0.150. The van der Waals surface area contributed by atoms with Crippen molar-refractivity contribution < 1.29 is 14.3 Å². The molecule has 0 fully saturated rings. The van der Waals surface area contributed by atoms with Crippen molar-refractivity contribution in [1.82, 2.24) is 10.3 Å². The van der Waals surface area contributed by atoms with Crippen molar-refractivity contribution in [3.8, 4) is 5.88 Å². The first kappa shape index (κ1) is 19.9. The topological polar surface area (TPSA) is 80.3 Å². The number of carbonyl (C=O) groups excluding carboxylic acids is 2. The van der Waals surface area contributed by atoms with E-state index in [-0.39, 0.29) is 11.8 Å². The highest BCUT2D eigenvalue weighted by molar-refractivity contribution is 7.18. The number of ether oxygens (including phenoxy) is 1. The standard InChI is InChI=1S/C20H18ClN3O3S/c1-12-9-17(24-19(25)14-5-3-4-6-15(14)21)28-18(12)20(26)23-11-13-7-8-22-16(10-13)27-2/h3-10H,11H2,1-2H3,(H,23,26)(H,24,25). The summed E-state index contributed by atoms with van der Waals surface area (Å²) >= 11 is 7.27. The van der Waals surface area contributed by atoms with Gasteiger partial charge in [-0.05, 0) is 42.3 Å². The predicted molar refractivity (Wildman–Crippen MR) is 110 cm³/mol. The maximum Gasteiger partial charge on any atom is 0.261 e. The number of benzene rings is 1. The van der Waals surface area contributed by atoms with Gasteiger partial charge in [-0.2, -0.15) is 0 Å². The molecule has 28 heavy (non-hydrogen) atoms. The largest absolute Gasteiger partial charge is 0.481 e. The number of carbonyl (C=O) groups is 2. The van der Waals surface area contributed by atoms with E-state index < -0.39 is 0 Å². The summed E-state index contributed by atoms with van der Waals surface area (Å²) in [6.45, 7) is 2.17. The van der Waals surface area contributed by atoms with Gasteiger partial charge in [-0.25, -0.2) is 4.98 Å². The second-order valence-electron chi connectivity index (χ2n) is 5.95. The van der Waals surface area contributed by atoms with Gasteiger partial charge in [0.15, 0.2) is 0 Å². The average Bonchev–Trinajstić information content (AvgIpc) is 3.06. The van der Waals surface area contributed by atoms with Crippen LogP contribution >= 0.6 is 22.9 Å². The van der Waals surface area contributed by atoms with Crippen LogP contribution in [0.15, 0.2) is 48.7 Å². The highest BCUT2D eigenvalue weighted by Crippen LogP contribution is 2.28. The Kier molecular flexibility index (Phi) is 6.28.